The van der Waals surface area contributed by atoms with Gasteiger partial charge in [0.2, 0.25) is 0 Å². The fourth-order valence-corrected chi connectivity index (χ4v) is 4.17. The van der Waals surface area contributed by atoms with Gasteiger partial charge >= 0.3 is 0 Å². The third kappa shape index (κ3) is 5.99. The van der Waals surface area contributed by atoms with Crippen LogP contribution in [0.3, 0.4) is 0 Å². The molecule has 0 aliphatic heterocycles. The van der Waals surface area contributed by atoms with Crippen LogP contribution < -0.4 is 0 Å². The zero-order valence-corrected chi connectivity index (χ0v) is 19.5. The minimum Gasteiger partial charge on any atom is -0.508 e. The number of rotatable bonds is 8. The number of pyridine rings is 2. The Morgan fingerprint density at radius 2 is 1.00 bits per heavy atom. The Morgan fingerprint density at radius 3 is 1.57 bits per heavy atom. The van der Waals surface area contributed by atoms with E-state index in [2.05, 4.69) is 65.6 Å². The highest BCUT2D eigenvalue weighted by atomic mass is 16.3. The van der Waals surface area contributed by atoms with Gasteiger partial charge < -0.3 is 5.11 Å². The van der Waals surface area contributed by atoms with E-state index in [0.717, 1.165) is 40.4 Å². The summed E-state index contributed by atoms with van der Waals surface area (Å²) in [6, 6.07) is 40.3. The van der Waals surface area contributed by atoms with E-state index in [9.17, 15) is 5.11 Å². The molecule has 5 rings (SSSR count). The van der Waals surface area contributed by atoms with Crippen molar-refractivity contribution in [3.63, 3.8) is 0 Å². The molecule has 0 radical (unpaired) electrons. The predicted molar refractivity (Wildman–Crippen MR) is 140 cm³/mol. The van der Waals surface area contributed by atoms with Gasteiger partial charge in [-0.2, -0.15) is 0 Å². The molecule has 0 aliphatic carbocycles. The molecule has 0 unspecified atom stereocenters. The number of aromatic nitrogens is 2. The van der Waals surface area contributed by atoms with E-state index < -0.39 is 0 Å². The van der Waals surface area contributed by atoms with E-state index >= 15 is 0 Å². The van der Waals surface area contributed by atoms with Gasteiger partial charge in [0.05, 0.1) is 22.8 Å². The minimum absolute atomic E-state index is 0.254. The molecule has 1 N–H and O–H groups in total. The highest BCUT2D eigenvalue weighted by Crippen LogP contribution is 2.22. The lowest BCUT2D eigenvalue weighted by molar-refractivity contribution is 0.242. The van der Waals surface area contributed by atoms with Gasteiger partial charge in [-0.05, 0) is 54.1 Å². The number of aromatic hydroxyl groups is 1. The number of nitrogens with zero attached hydrogens (tertiary/aromatic N) is 3. The molecule has 35 heavy (non-hydrogen) atoms. The first-order chi connectivity index (χ1) is 17.2. The quantitative estimate of drug-likeness (QED) is 0.281. The Balaban J connectivity index is 1.40. The fraction of sp³-hybridized carbons (Fsp3) is 0.0968. The first-order valence-corrected chi connectivity index (χ1v) is 11.8. The van der Waals surface area contributed by atoms with E-state index in [1.807, 2.05) is 48.5 Å². The van der Waals surface area contributed by atoms with Gasteiger partial charge in [0, 0.05) is 30.8 Å². The van der Waals surface area contributed by atoms with Crippen molar-refractivity contribution < 1.29 is 5.11 Å². The lowest BCUT2D eigenvalue weighted by Gasteiger charge is -2.22. The van der Waals surface area contributed by atoms with Gasteiger partial charge in [0.15, 0.2) is 0 Å². The van der Waals surface area contributed by atoms with Crippen molar-refractivity contribution >= 4 is 0 Å². The molecular formula is C31H27N3O. The van der Waals surface area contributed by atoms with E-state index in [0.29, 0.717) is 13.1 Å². The van der Waals surface area contributed by atoms with Crippen molar-refractivity contribution in [1.29, 1.82) is 0 Å². The molecule has 0 saturated heterocycles. The van der Waals surface area contributed by atoms with E-state index in [1.54, 1.807) is 12.1 Å². The van der Waals surface area contributed by atoms with Crippen molar-refractivity contribution in [3.05, 3.63) is 138 Å². The third-order valence-corrected chi connectivity index (χ3v) is 5.87. The normalized spacial score (nSPS) is 11.0. The van der Waals surface area contributed by atoms with Crippen LogP contribution in [-0.4, -0.2) is 20.0 Å². The van der Waals surface area contributed by atoms with Gasteiger partial charge in [0.25, 0.3) is 0 Å². The van der Waals surface area contributed by atoms with Crippen LogP contribution in [0.25, 0.3) is 22.5 Å². The lowest BCUT2D eigenvalue weighted by atomic mass is 10.1. The molecule has 0 atom stereocenters. The fourth-order valence-electron chi connectivity index (χ4n) is 4.17. The molecule has 0 bridgehead atoms. The van der Waals surface area contributed by atoms with Crippen LogP contribution in [0, 0.1) is 0 Å². The molecule has 0 fully saturated rings. The molecule has 4 heteroatoms. The van der Waals surface area contributed by atoms with Crippen molar-refractivity contribution in [2.24, 2.45) is 0 Å². The standard InChI is InChI=1S/C31H27N3O/c35-29-19-17-26(18-20-29)31-16-8-14-28(33-31)23-34(21-24-9-3-1-4-10-24)22-27-13-7-15-30(32-27)25-11-5-2-6-12-25/h1-20,35H,21-23H2. The summed E-state index contributed by atoms with van der Waals surface area (Å²) < 4.78 is 0. The smallest absolute Gasteiger partial charge is 0.115 e. The Hall–Kier alpha value is -4.28. The van der Waals surface area contributed by atoms with Gasteiger partial charge in [-0.15, -0.1) is 0 Å². The SMILES string of the molecule is Oc1ccc(-c2cccc(CN(Cc3ccccc3)Cc3cccc(-c4ccccc4)n3)n2)cc1. The van der Waals surface area contributed by atoms with E-state index in [-0.39, 0.29) is 5.75 Å². The van der Waals surface area contributed by atoms with Gasteiger partial charge in [-0.1, -0.05) is 72.8 Å². The maximum atomic E-state index is 9.62. The second-order valence-corrected chi connectivity index (χ2v) is 8.57. The van der Waals surface area contributed by atoms with Crippen LogP contribution in [0.15, 0.2) is 121 Å². The summed E-state index contributed by atoms with van der Waals surface area (Å²) in [6.07, 6.45) is 0. The second kappa shape index (κ2) is 10.8. The van der Waals surface area contributed by atoms with Crippen LogP contribution in [0.4, 0.5) is 0 Å². The van der Waals surface area contributed by atoms with Crippen molar-refractivity contribution in [2.75, 3.05) is 0 Å². The largest absolute Gasteiger partial charge is 0.508 e. The summed E-state index contributed by atoms with van der Waals surface area (Å²) in [6.45, 7) is 2.20. The minimum atomic E-state index is 0.254. The third-order valence-electron chi connectivity index (χ3n) is 5.87. The first-order valence-electron chi connectivity index (χ1n) is 11.8. The molecule has 0 aliphatic rings. The average molecular weight is 458 g/mol. The molecular weight excluding hydrogens is 430 g/mol. The summed E-state index contributed by atoms with van der Waals surface area (Å²) in [5, 5.41) is 9.62. The molecule has 0 amide bonds. The molecule has 3 aromatic carbocycles. The Labute approximate surface area is 206 Å². The van der Waals surface area contributed by atoms with Crippen LogP contribution >= 0.6 is 0 Å². The van der Waals surface area contributed by atoms with Crippen LogP contribution in [0.2, 0.25) is 0 Å². The van der Waals surface area contributed by atoms with Crippen molar-refractivity contribution in [3.8, 4) is 28.3 Å². The number of hydrogen-bond donors (Lipinski definition) is 1. The summed E-state index contributed by atoms with van der Waals surface area (Å²) in [4.78, 5) is 12.2. The van der Waals surface area contributed by atoms with Crippen molar-refractivity contribution in [2.45, 2.75) is 19.6 Å². The lowest BCUT2D eigenvalue weighted by Crippen LogP contribution is -2.23. The summed E-state index contributed by atoms with van der Waals surface area (Å²) >= 11 is 0. The predicted octanol–water partition coefficient (Wildman–Crippen LogP) is 6.72. The number of benzene rings is 3. The Morgan fingerprint density at radius 1 is 0.486 bits per heavy atom. The molecule has 0 spiro atoms. The number of hydrogen-bond acceptors (Lipinski definition) is 4. The summed E-state index contributed by atoms with van der Waals surface area (Å²) in [7, 11) is 0. The zero-order chi connectivity index (χ0) is 23.9. The molecule has 2 aromatic heterocycles. The Kier molecular flexibility index (Phi) is 6.92. The maximum Gasteiger partial charge on any atom is 0.115 e. The van der Waals surface area contributed by atoms with E-state index in [4.69, 9.17) is 9.97 Å². The molecule has 2 heterocycles. The second-order valence-electron chi connectivity index (χ2n) is 8.57. The monoisotopic (exact) mass is 457 g/mol. The average Bonchev–Trinajstić information content (AvgIpc) is 2.90. The van der Waals surface area contributed by atoms with Crippen LogP contribution in [-0.2, 0) is 19.6 Å². The first kappa shape index (κ1) is 22.5. The molecule has 172 valence electrons. The highest BCUT2D eigenvalue weighted by Gasteiger charge is 2.12. The van der Waals surface area contributed by atoms with Crippen LogP contribution in [0.1, 0.15) is 17.0 Å². The maximum absolute atomic E-state index is 9.62. The zero-order valence-electron chi connectivity index (χ0n) is 19.5. The molecule has 5 aromatic rings. The summed E-state index contributed by atoms with van der Waals surface area (Å²) in [5.41, 5.74) is 7.24. The van der Waals surface area contributed by atoms with E-state index in [1.165, 1.54) is 5.56 Å². The van der Waals surface area contributed by atoms with Gasteiger partial charge in [0.1, 0.15) is 5.75 Å². The highest BCUT2D eigenvalue weighted by molar-refractivity contribution is 5.60. The molecule has 4 nitrogen and oxygen atoms in total. The van der Waals surface area contributed by atoms with Gasteiger partial charge in [-0.3, -0.25) is 14.9 Å². The molecule has 0 saturated carbocycles. The number of phenols is 1. The summed E-state index contributed by atoms with van der Waals surface area (Å²) in [5.74, 6) is 0.254. The number of phenolic OH excluding ortho intramolecular Hbond substituents is 1. The topological polar surface area (TPSA) is 49.2 Å². The van der Waals surface area contributed by atoms with Crippen LogP contribution in [0.5, 0.6) is 5.75 Å². The Bertz CT molecular complexity index is 1370. The van der Waals surface area contributed by atoms with Crippen molar-refractivity contribution in [1.82, 2.24) is 14.9 Å². The van der Waals surface area contributed by atoms with Gasteiger partial charge in [-0.25, -0.2) is 0 Å².